The summed E-state index contributed by atoms with van der Waals surface area (Å²) in [5.41, 5.74) is 0.473. The number of carbonyl (C=O) groups excluding carboxylic acids is 2. The highest BCUT2D eigenvalue weighted by atomic mass is 19.1. The van der Waals surface area contributed by atoms with Crippen molar-refractivity contribution in [3.05, 3.63) is 78.5 Å². The Morgan fingerprint density at radius 2 is 1.70 bits per heavy atom. The van der Waals surface area contributed by atoms with Crippen LogP contribution in [0.5, 0.6) is 11.5 Å². The molecule has 154 valence electrons. The van der Waals surface area contributed by atoms with Gasteiger partial charge in [0.1, 0.15) is 11.6 Å². The lowest BCUT2D eigenvalue weighted by Gasteiger charge is -2.34. The SMILES string of the molecule is O=C(Nc1ccccc1Oc1cccc(F)c1)N1CCN(C(=O)c2ccco2)CC1. The average Bonchev–Trinajstić information content (AvgIpc) is 3.30. The third-order valence-electron chi connectivity index (χ3n) is 4.74. The van der Waals surface area contributed by atoms with Crippen LogP contribution in [0.1, 0.15) is 10.6 Å². The van der Waals surface area contributed by atoms with Crippen LogP contribution in [0, 0.1) is 5.82 Å². The summed E-state index contributed by atoms with van der Waals surface area (Å²) in [7, 11) is 0. The molecule has 7 nitrogen and oxygen atoms in total. The van der Waals surface area contributed by atoms with Gasteiger partial charge in [-0.25, -0.2) is 9.18 Å². The Morgan fingerprint density at radius 3 is 2.43 bits per heavy atom. The van der Waals surface area contributed by atoms with Crippen molar-refractivity contribution < 1.29 is 23.1 Å². The first kappa shape index (κ1) is 19.5. The van der Waals surface area contributed by atoms with Gasteiger partial charge in [0.05, 0.1) is 12.0 Å². The van der Waals surface area contributed by atoms with Gasteiger partial charge in [0.2, 0.25) is 0 Å². The molecule has 1 aliphatic heterocycles. The van der Waals surface area contributed by atoms with E-state index >= 15 is 0 Å². The summed E-state index contributed by atoms with van der Waals surface area (Å²) in [6.45, 7) is 1.61. The molecule has 1 aliphatic rings. The van der Waals surface area contributed by atoms with Crippen molar-refractivity contribution in [3.8, 4) is 11.5 Å². The van der Waals surface area contributed by atoms with Crippen LogP contribution in [-0.4, -0.2) is 47.9 Å². The molecule has 0 bridgehead atoms. The van der Waals surface area contributed by atoms with E-state index in [-0.39, 0.29) is 17.7 Å². The van der Waals surface area contributed by atoms with Gasteiger partial charge in [-0.1, -0.05) is 18.2 Å². The summed E-state index contributed by atoms with van der Waals surface area (Å²) < 4.78 is 24.3. The van der Waals surface area contributed by atoms with E-state index in [1.807, 2.05) is 0 Å². The number of furan rings is 1. The molecular weight excluding hydrogens is 389 g/mol. The van der Waals surface area contributed by atoms with Crippen molar-refractivity contribution in [1.29, 1.82) is 0 Å². The van der Waals surface area contributed by atoms with Crippen molar-refractivity contribution in [1.82, 2.24) is 9.80 Å². The normalized spacial score (nSPS) is 13.8. The van der Waals surface area contributed by atoms with Crippen molar-refractivity contribution in [3.63, 3.8) is 0 Å². The van der Waals surface area contributed by atoms with Gasteiger partial charge < -0.3 is 24.3 Å². The van der Waals surface area contributed by atoms with Crippen LogP contribution in [0.2, 0.25) is 0 Å². The second-order valence-corrected chi connectivity index (χ2v) is 6.74. The van der Waals surface area contributed by atoms with Crippen LogP contribution < -0.4 is 10.1 Å². The standard InChI is InChI=1S/C22H20FN3O4/c23-16-5-3-6-17(15-16)30-19-8-2-1-7-18(19)24-22(28)26-12-10-25(11-13-26)21(27)20-9-4-14-29-20/h1-9,14-15H,10-13H2,(H,24,28). The highest BCUT2D eigenvalue weighted by Gasteiger charge is 2.26. The van der Waals surface area contributed by atoms with Gasteiger partial charge >= 0.3 is 6.03 Å². The Morgan fingerprint density at radius 1 is 0.933 bits per heavy atom. The quantitative estimate of drug-likeness (QED) is 0.701. The Balaban J connectivity index is 1.37. The molecule has 30 heavy (non-hydrogen) atoms. The monoisotopic (exact) mass is 409 g/mol. The molecule has 1 aromatic heterocycles. The van der Waals surface area contributed by atoms with Crippen molar-refractivity contribution in [2.45, 2.75) is 0 Å². The highest BCUT2D eigenvalue weighted by Crippen LogP contribution is 2.29. The fourth-order valence-corrected chi connectivity index (χ4v) is 3.18. The predicted octanol–water partition coefficient (Wildman–Crippen LogP) is 4.20. The molecule has 0 saturated carbocycles. The smallest absolute Gasteiger partial charge is 0.322 e. The second-order valence-electron chi connectivity index (χ2n) is 6.74. The van der Waals surface area contributed by atoms with Gasteiger partial charge in [0.25, 0.3) is 5.91 Å². The number of nitrogens with one attached hydrogen (secondary N) is 1. The second kappa shape index (κ2) is 8.69. The molecule has 3 aromatic rings. The van der Waals surface area contributed by atoms with E-state index in [1.54, 1.807) is 58.3 Å². The largest absolute Gasteiger partial charge is 0.459 e. The van der Waals surface area contributed by atoms with Gasteiger partial charge in [0.15, 0.2) is 11.5 Å². The van der Waals surface area contributed by atoms with Crippen LogP contribution >= 0.6 is 0 Å². The van der Waals surface area contributed by atoms with E-state index in [4.69, 9.17) is 9.15 Å². The Labute approximate surface area is 172 Å². The molecule has 2 heterocycles. The van der Waals surface area contributed by atoms with Crippen LogP contribution in [0.25, 0.3) is 0 Å². The van der Waals surface area contributed by atoms with Gasteiger partial charge in [-0.05, 0) is 36.4 Å². The highest BCUT2D eigenvalue weighted by molar-refractivity contribution is 5.93. The number of benzene rings is 2. The zero-order chi connectivity index (χ0) is 20.9. The number of halogens is 1. The molecule has 0 unspecified atom stereocenters. The number of para-hydroxylation sites is 2. The summed E-state index contributed by atoms with van der Waals surface area (Å²) in [4.78, 5) is 28.3. The number of carbonyl (C=O) groups is 2. The topological polar surface area (TPSA) is 75.0 Å². The van der Waals surface area contributed by atoms with E-state index in [0.29, 0.717) is 43.4 Å². The maximum absolute atomic E-state index is 13.4. The molecule has 0 spiro atoms. The first-order valence-electron chi connectivity index (χ1n) is 9.51. The fourth-order valence-electron chi connectivity index (χ4n) is 3.18. The van der Waals surface area contributed by atoms with Crippen LogP contribution in [0.4, 0.5) is 14.9 Å². The van der Waals surface area contributed by atoms with Crippen molar-refractivity contribution in [2.75, 3.05) is 31.5 Å². The number of urea groups is 1. The molecule has 1 fully saturated rings. The summed E-state index contributed by atoms with van der Waals surface area (Å²) in [5.74, 6) is 0.436. The number of hydrogen-bond donors (Lipinski definition) is 1. The lowest BCUT2D eigenvalue weighted by atomic mass is 10.2. The van der Waals surface area contributed by atoms with E-state index in [9.17, 15) is 14.0 Å². The molecule has 1 N–H and O–H groups in total. The van der Waals surface area contributed by atoms with Gasteiger partial charge in [0, 0.05) is 32.2 Å². The van der Waals surface area contributed by atoms with E-state index in [0.717, 1.165) is 0 Å². The lowest BCUT2D eigenvalue weighted by molar-refractivity contribution is 0.0640. The van der Waals surface area contributed by atoms with Crippen LogP contribution in [0.3, 0.4) is 0 Å². The average molecular weight is 409 g/mol. The molecule has 3 amide bonds. The molecule has 4 rings (SSSR count). The number of piperazine rings is 1. The van der Waals surface area contributed by atoms with Crippen LogP contribution in [-0.2, 0) is 0 Å². The number of anilines is 1. The third-order valence-corrected chi connectivity index (χ3v) is 4.74. The predicted molar refractivity (Wildman–Crippen MR) is 108 cm³/mol. The molecule has 8 heteroatoms. The number of rotatable bonds is 4. The molecule has 2 aromatic carbocycles. The van der Waals surface area contributed by atoms with Gasteiger partial charge in [-0.2, -0.15) is 0 Å². The zero-order valence-corrected chi connectivity index (χ0v) is 16.1. The van der Waals surface area contributed by atoms with Crippen LogP contribution in [0.15, 0.2) is 71.3 Å². The first-order valence-corrected chi connectivity index (χ1v) is 9.51. The minimum Gasteiger partial charge on any atom is -0.459 e. The van der Waals surface area contributed by atoms with Crippen molar-refractivity contribution >= 4 is 17.6 Å². The molecule has 0 atom stereocenters. The molecule has 0 aliphatic carbocycles. The van der Waals surface area contributed by atoms with E-state index in [2.05, 4.69) is 5.32 Å². The summed E-state index contributed by atoms with van der Waals surface area (Å²) >= 11 is 0. The van der Waals surface area contributed by atoms with Crippen molar-refractivity contribution in [2.24, 2.45) is 0 Å². The Bertz CT molecular complexity index is 1030. The first-order chi connectivity index (χ1) is 14.6. The number of hydrogen-bond acceptors (Lipinski definition) is 4. The zero-order valence-electron chi connectivity index (χ0n) is 16.1. The number of nitrogens with zero attached hydrogens (tertiary/aromatic N) is 2. The Kier molecular flexibility index (Phi) is 5.65. The summed E-state index contributed by atoms with van der Waals surface area (Å²) in [6, 6.07) is 15.7. The maximum Gasteiger partial charge on any atom is 0.322 e. The number of amides is 3. The van der Waals surface area contributed by atoms with E-state index in [1.165, 1.54) is 18.4 Å². The minimum absolute atomic E-state index is 0.186. The summed E-state index contributed by atoms with van der Waals surface area (Å²) in [6.07, 6.45) is 1.46. The van der Waals surface area contributed by atoms with Gasteiger partial charge in [-0.15, -0.1) is 0 Å². The molecule has 0 radical (unpaired) electrons. The molecule has 1 saturated heterocycles. The van der Waals surface area contributed by atoms with E-state index < -0.39 is 5.82 Å². The Hall–Kier alpha value is -3.81. The lowest BCUT2D eigenvalue weighted by Crippen LogP contribution is -2.51. The number of ether oxygens (including phenoxy) is 1. The van der Waals surface area contributed by atoms with Gasteiger partial charge in [-0.3, -0.25) is 4.79 Å². The third kappa shape index (κ3) is 4.43. The minimum atomic E-state index is -0.406. The molecular formula is C22H20FN3O4. The fraction of sp³-hybridized carbons (Fsp3) is 0.182. The maximum atomic E-state index is 13.4. The summed E-state index contributed by atoms with van der Waals surface area (Å²) in [5, 5.41) is 2.83.